The van der Waals surface area contributed by atoms with Gasteiger partial charge >= 0.3 is 0 Å². The van der Waals surface area contributed by atoms with Gasteiger partial charge in [-0.05, 0) is 18.9 Å². The van der Waals surface area contributed by atoms with Gasteiger partial charge in [0.15, 0.2) is 23.9 Å². The van der Waals surface area contributed by atoms with Crippen molar-refractivity contribution < 1.29 is 14.0 Å². The first-order valence-corrected chi connectivity index (χ1v) is 6.63. The SMILES string of the molecule is COc1cccc(CN)c1OCc1nc(C2CC2)no1. The smallest absolute Gasteiger partial charge is 0.264 e. The number of hydrogen-bond acceptors (Lipinski definition) is 6. The first-order valence-electron chi connectivity index (χ1n) is 6.63. The summed E-state index contributed by atoms with van der Waals surface area (Å²) in [7, 11) is 1.60. The molecule has 1 aromatic carbocycles. The highest BCUT2D eigenvalue weighted by Gasteiger charge is 2.28. The van der Waals surface area contributed by atoms with Crippen LogP contribution in [0.25, 0.3) is 0 Å². The van der Waals surface area contributed by atoms with Crippen molar-refractivity contribution in [1.82, 2.24) is 10.1 Å². The number of ether oxygens (including phenoxy) is 2. The van der Waals surface area contributed by atoms with E-state index in [1.165, 1.54) is 0 Å². The minimum Gasteiger partial charge on any atom is -0.493 e. The van der Waals surface area contributed by atoms with E-state index in [1.807, 2.05) is 18.2 Å². The molecule has 2 N–H and O–H groups in total. The molecule has 6 nitrogen and oxygen atoms in total. The molecule has 1 aromatic heterocycles. The van der Waals surface area contributed by atoms with Crippen molar-refractivity contribution in [2.75, 3.05) is 7.11 Å². The normalized spacial score (nSPS) is 14.3. The van der Waals surface area contributed by atoms with Gasteiger partial charge in [-0.2, -0.15) is 4.98 Å². The maximum atomic E-state index is 5.75. The van der Waals surface area contributed by atoms with E-state index in [-0.39, 0.29) is 6.61 Å². The lowest BCUT2D eigenvalue weighted by atomic mass is 10.2. The summed E-state index contributed by atoms with van der Waals surface area (Å²) in [4.78, 5) is 4.32. The Morgan fingerprint density at radius 3 is 2.95 bits per heavy atom. The molecule has 0 aliphatic heterocycles. The van der Waals surface area contributed by atoms with Gasteiger partial charge in [0.05, 0.1) is 7.11 Å². The van der Waals surface area contributed by atoms with Crippen LogP contribution in [-0.2, 0) is 13.2 Å². The molecule has 2 aromatic rings. The van der Waals surface area contributed by atoms with E-state index in [0.717, 1.165) is 24.2 Å². The summed E-state index contributed by atoms with van der Waals surface area (Å²) in [5, 5.41) is 3.95. The monoisotopic (exact) mass is 275 g/mol. The number of benzene rings is 1. The highest BCUT2D eigenvalue weighted by atomic mass is 16.5. The molecule has 1 heterocycles. The summed E-state index contributed by atoms with van der Waals surface area (Å²) in [6, 6.07) is 5.62. The largest absolute Gasteiger partial charge is 0.493 e. The van der Waals surface area contributed by atoms with Crippen molar-refractivity contribution in [2.24, 2.45) is 5.73 Å². The summed E-state index contributed by atoms with van der Waals surface area (Å²) in [5.74, 6) is 3.00. The van der Waals surface area contributed by atoms with Gasteiger partial charge in [0.1, 0.15) is 0 Å². The average Bonchev–Trinajstić information content (AvgIpc) is 3.23. The van der Waals surface area contributed by atoms with Crippen molar-refractivity contribution in [3.63, 3.8) is 0 Å². The predicted molar refractivity (Wildman–Crippen MR) is 71.5 cm³/mol. The van der Waals surface area contributed by atoms with E-state index in [1.54, 1.807) is 7.11 Å². The zero-order valence-electron chi connectivity index (χ0n) is 11.3. The van der Waals surface area contributed by atoms with Gasteiger partial charge in [-0.3, -0.25) is 0 Å². The molecule has 0 unspecified atom stereocenters. The van der Waals surface area contributed by atoms with E-state index in [0.29, 0.717) is 29.9 Å². The van der Waals surface area contributed by atoms with E-state index in [4.69, 9.17) is 19.7 Å². The molecule has 3 rings (SSSR count). The number of rotatable bonds is 6. The molecule has 1 aliphatic carbocycles. The number of aromatic nitrogens is 2. The molecule has 1 saturated carbocycles. The van der Waals surface area contributed by atoms with Gasteiger partial charge in [-0.1, -0.05) is 17.3 Å². The molecular formula is C14H17N3O3. The fourth-order valence-electron chi connectivity index (χ4n) is 2.01. The van der Waals surface area contributed by atoms with Gasteiger partial charge in [0.2, 0.25) is 0 Å². The summed E-state index contributed by atoms with van der Waals surface area (Å²) >= 11 is 0. The first kappa shape index (κ1) is 12.9. The lowest BCUT2D eigenvalue weighted by molar-refractivity contribution is 0.231. The van der Waals surface area contributed by atoms with Gasteiger partial charge in [0.25, 0.3) is 5.89 Å². The van der Waals surface area contributed by atoms with Crippen molar-refractivity contribution in [3.8, 4) is 11.5 Å². The molecule has 106 valence electrons. The van der Waals surface area contributed by atoms with Crippen LogP contribution in [0.1, 0.15) is 36.0 Å². The summed E-state index contributed by atoms with van der Waals surface area (Å²) in [6.45, 7) is 0.594. The van der Waals surface area contributed by atoms with E-state index in [9.17, 15) is 0 Å². The number of hydrogen-bond donors (Lipinski definition) is 1. The van der Waals surface area contributed by atoms with Crippen LogP contribution in [0.15, 0.2) is 22.7 Å². The third-order valence-electron chi connectivity index (χ3n) is 3.27. The fourth-order valence-corrected chi connectivity index (χ4v) is 2.01. The quantitative estimate of drug-likeness (QED) is 0.868. The minimum atomic E-state index is 0.215. The van der Waals surface area contributed by atoms with Crippen LogP contribution in [-0.4, -0.2) is 17.3 Å². The number of methoxy groups -OCH3 is 1. The van der Waals surface area contributed by atoms with Crippen LogP contribution < -0.4 is 15.2 Å². The van der Waals surface area contributed by atoms with Crippen LogP contribution in [0.2, 0.25) is 0 Å². The first-order chi connectivity index (χ1) is 9.81. The molecule has 0 saturated heterocycles. The predicted octanol–water partition coefficient (Wildman–Crippen LogP) is 1.99. The zero-order chi connectivity index (χ0) is 13.9. The number of nitrogens with zero attached hydrogens (tertiary/aromatic N) is 2. The number of nitrogens with two attached hydrogens (primary N) is 1. The van der Waals surface area contributed by atoms with Crippen molar-refractivity contribution in [3.05, 3.63) is 35.5 Å². The van der Waals surface area contributed by atoms with Crippen LogP contribution in [0, 0.1) is 0 Å². The summed E-state index contributed by atoms with van der Waals surface area (Å²) in [6.07, 6.45) is 2.29. The topological polar surface area (TPSA) is 83.4 Å². The second kappa shape index (κ2) is 5.50. The van der Waals surface area contributed by atoms with E-state index < -0.39 is 0 Å². The second-order valence-corrected chi connectivity index (χ2v) is 4.76. The van der Waals surface area contributed by atoms with Gasteiger partial charge < -0.3 is 19.7 Å². The molecule has 20 heavy (non-hydrogen) atoms. The van der Waals surface area contributed by atoms with Crippen molar-refractivity contribution in [2.45, 2.75) is 31.9 Å². The molecule has 0 atom stereocenters. The van der Waals surface area contributed by atoms with Crippen molar-refractivity contribution in [1.29, 1.82) is 0 Å². The van der Waals surface area contributed by atoms with Gasteiger partial charge in [-0.25, -0.2) is 0 Å². The Labute approximate surface area is 116 Å². The zero-order valence-corrected chi connectivity index (χ0v) is 11.3. The molecule has 1 aliphatic rings. The summed E-state index contributed by atoms with van der Waals surface area (Å²) < 4.78 is 16.2. The minimum absolute atomic E-state index is 0.215. The second-order valence-electron chi connectivity index (χ2n) is 4.76. The highest BCUT2D eigenvalue weighted by Crippen LogP contribution is 2.38. The van der Waals surface area contributed by atoms with Gasteiger partial charge in [0, 0.05) is 18.0 Å². The number of para-hydroxylation sites is 1. The Morgan fingerprint density at radius 1 is 1.40 bits per heavy atom. The molecule has 0 amide bonds. The van der Waals surface area contributed by atoms with Gasteiger partial charge in [-0.15, -0.1) is 0 Å². The van der Waals surface area contributed by atoms with Crippen LogP contribution in [0.3, 0.4) is 0 Å². The maximum Gasteiger partial charge on any atom is 0.264 e. The Kier molecular flexibility index (Phi) is 3.56. The molecule has 0 spiro atoms. The van der Waals surface area contributed by atoms with E-state index in [2.05, 4.69) is 10.1 Å². The van der Waals surface area contributed by atoms with E-state index >= 15 is 0 Å². The Balaban J connectivity index is 1.73. The third-order valence-corrected chi connectivity index (χ3v) is 3.27. The molecule has 0 radical (unpaired) electrons. The Morgan fingerprint density at radius 2 is 2.25 bits per heavy atom. The molecule has 0 bridgehead atoms. The average molecular weight is 275 g/mol. The van der Waals surface area contributed by atoms with Crippen molar-refractivity contribution >= 4 is 0 Å². The molecule has 6 heteroatoms. The lowest BCUT2D eigenvalue weighted by Crippen LogP contribution is -2.04. The van der Waals surface area contributed by atoms with Crippen LogP contribution in [0.5, 0.6) is 11.5 Å². The van der Waals surface area contributed by atoms with Crippen LogP contribution >= 0.6 is 0 Å². The summed E-state index contributed by atoms with van der Waals surface area (Å²) in [5.41, 5.74) is 6.59. The lowest BCUT2D eigenvalue weighted by Gasteiger charge is -2.12. The highest BCUT2D eigenvalue weighted by molar-refractivity contribution is 5.46. The van der Waals surface area contributed by atoms with Crippen LogP contribution in [0.4, 0.5) is 0 Å². The molecule has 1 fully saturated rings. The molecular weight excluding hydrogens is 258 g/mol. The maximum absolute atomic E-state index is 5.75. The standard InChI is InChI=1S/C14H17N3O3/c1-18-11-4-2-3-10(7-15)13(11)19-8-12-16-14(17-20-12)9-5-6-9/h2-4,9H,5-8,15H2,1H3. The third kappa shape index (κ3) is 2.60. The fraction of sp³-hybridized carbons (Fsp3) is 0.429. The Bertz CT molecular complexity index is 571. The Hall–Kier alpha value is -2.08.